The fourth-order valence-electron chi connectivity index (χ4n) is 3.18. The third-order valence-corrected chi connectivity index (χ3v) is 5.28. The maximum absolute atomic E-state index is 3.75. The monoisotopic (exact) mass is 312 g/mol. The second-order valence-corrected chi connectivity index (χ2v) is 6.87. The molecule has 1 aromatic carbocycles. The first-order chi connectivity index (χ1) is 9.40. The average Bonchev–Trinajstić information content (AvgIpc) is 2.78. The molecule has 1 aromatic rings. The number of likely N-dealkylation sites (tertiary alicyclic amines) is 1. The van der Waals surface area contributed by atoms with E-state index >= 15 is 0 Å². The van der Waals surface area contributed by atoms with Crippen LogP contribution in [0.4, 0.5) is 0 Å². The number of fused-ring (bicyclic) bond motifs is 2. The van der Waals surface area contributed by atoms with Crippen LogP contribution in [0.2, 0.25) is 0 Å². The van der Waals surface area contributed by atoms with Gasteiger partial charge in [0.1, 0.15) is 0 Å². The zero-order valence-corrected chi connectivity index (χ0v) is 13.6. The first-order valence-electron chi connectivity index (χ1n) is 7.50. The molecule has 2 unspecified atom stereocenters. The second kappa shape index (κ2) is 8.28. The van der Waals surface area contributed by atoms with Crippen molar-refractivity contribution >= 4 is 24.2 Å². The minimum atomic E-state index is 0. The molecule has 2 aliphatic heterocycles. The van der Waals surface area contributed by atoms with Crippen LogP contribution >= 0.6 is 24.2 Å². The standard InChI is InChI=1S/C16H24N2S.ClH/c1-2-4-14(5-3-1)13-19-11-10-18-9-8-15-6-7-16(12-18)17-15;/h1-5,15-17H,6-13H2;1H. The average molecular weight is 313 g/mol. The number of halogens is 1. The molecule has 112 valence electrons. The number of rotatable bonds is 5. The van der Waals surface area contributed by atoms with Crippen LogP contribution in [0.1, 0.15) is 24.8 Å². The summed E-state index contributed by atoms with van der Waals surface area (Å²) in [5, 5.41) is 3.75. The third-order valence-electron chi connectivity index (χ3n) is 4.27. The zero-order chi connectivity index (χ0) is 12.9. The van der Waals surface area contributed by atoms with Crippen molar-refractivity contribution in [2.45, 2.75) is 37.1 Å². The quantitative estimate of drug-likeness (QED) is 0.841. The summed E-state index contributed by atoms with van der Waals surface area (Å²) in [4.78, 5) is 2.66. The van der Waals surface area contributed by atoms with Crippen LogP contribution in [0.5, 0.6) is 0 Å². The first-order valence-corrected chi connectivity index (χ1v) is 8.66. The van der Waals surface area contributed by atoms with E-state index in [-0.39, 0.29) is 12.4 Å². The molecule has 2 bridgehead atoms. The van der Waals surface area contributed by atoms with Gasteiger partial charge < -0.3 is 10.2 Å². The molecule has 0 saturated carbocycles. The zero-order valence-electron chi connectivity index (χ0n) is 12.0. The molecule has 20 heavy (non-hydrogen) atoms. The summed E-state index contributed by atoms with van der Waals surface area (Å²) in [5.41, 5.74) is 1.45. The van der Waals surface area contributed by atoms with E-state index < -0.39 is 0 Å². The van der Waals surface area contributed by atoms with Crippen LogP contribution in [0, 0.1) is 0 Å². The van der Waals surface area contributed by atoms with Crippen LogP contribution in [0.25, 0.3) is 0 Å². The summed E-state index contributed by atoms with van der Waals surface area (Å²) in [6.07, 6.45) is 4.14. The van der Waals surface area contributed by atoms with Crippen molar-refractivity contribution in [1.82, 2.24) is 10.2 Å². The topological polar surface area (TPSA) is 15.3 Å². The molecular weight excluding hydrogens is 288 g/mol. The smallest absolute Gasteiger partial charge is 0.0198 e. The van der Waals surface area contributed by atoms with Gasteiger partial charge in [-0.25, -0.2) is 0 Å². The molecule has 2 fully saturated rings. The molecule has 0 aromatic heterocycles. The molecule has 1 N–H and O–H groups in total. The van der Waals surface area contributed by atoms with Crippen molar-refractivity contribution in [1.29, 1.82) is 0 Å². The van der Waals surface area contributed by atoms with Crippen molar-refractivity contribution < 1.29 is 0 Å². The number of hydrogen-bond acceptors (Lipinski definition) is 3. The van der Waals surface area contributed by atoms with E-state index in [2.05, 4.69) is 52.3 Å². The number of nitrogens with one attached hydrogen (secondary N) is 1. The Morgan fingerprint density at radius 1 is 1.10 bits per heavy atom. The lowest BCUT2D eigenvalue weighted by atomic mass is 10.1. The van der Waals surface area contributed by atoms with Gasteiger partial charge in [-0.15, -0.1) is 12.4 Å². The molecule has 2 heterocycles. The highest BCUT2D eigenvalue weighted by Crippen LogP contribution is 2.20. The Labute approximate surface area is 133 Å². The summed E-state index contributed by atoms with van der Waals surface area (Å²) in [5.74, 6) is 2.41. The van der Waals surface area contributed by atoms with Gasteiger partial charge in [0.05, 0.1) is 0 Å². The molecule has 0 radical (unpaired) electrons. The van der Waals surface area contributed by atoms with E-state index in [1.54, 1.807) is 0 Å². The van der Waals surface area contributed by atoms with Gasteiger partial charge in [-0.2, -0.15) is 11.8 Å². The minimum Gasteiger partial charge on any atom is -0.310 e. The summed E-state index contributed by atoms with van der Waals surface area (Å²) in [6, 6.07) is 12.4. The van der Waals surface area contributed by atoms with Gasteiger partial charge in [-0.05, 0) is 31.4 Å². The van der Waals surface area contributed by atoms with Crippen molar-refractivity contribution in [2.75, 3.05) is 25.4 Å². The van der Waals surface area contributed by atoms with Crippen molar-refractivity contribution in [3.63, 3.8) is 0 Å². The Bertz CT molecular complexity index is 387. The maximum atomic E-state index is 3.75. The fraction of sp³-hybridized carbons (Fsp3) is 0.625. The largest absolute Gasteiger partial charge is 0.310 e. The van der Waals surface area contributed by atoms with Crippen LogP contribution in [0.15, 0.2) is 30.3 Å². The van der Waals surface area contributed by atoms with Gasteiger partial charge in [0.2, 0.25) is 0 Å². The van der Waals surface area contributed by atoms with Gasteiger partial charge in [0.15, 0.2) is 0 Å². The lowest BCUT2D eigenvalue weighted by Crippen LogP contribution is -2.36. The van der Waals surface area contributed by atoms with Crippen molar-refractivity contribution in [3.05, 3.63) is 35.9 Å². The molecule has 2 aliphatic rings. The van der Waals surface area contributed by atoms with Gasteiger partial charge >= 0.3 is 0 Å². The van der Waals surface area contributed by atoms with Crippen LogP contribution < -0.4 is 5.32 Å². The Balaban J connectivity index is 0.00000147. The van der Waals surface area contributed by atoms with E-state index in [1.165, 1.54) is 50.2 Å². The van der Waals surface area contributed by atoms with E-state index in [1.807, 2.05) is 0 Å². The van der Waals surface area contributed by atoms with E-state index in [0.29, 0.717) is 0 Å². The number of nitrogens with zero attached hydrogens (tertiary/aromatic N) is 1. The SMILES string of the molecule is Cl.c1ccc(CSCCN2CCC3CCC(C2)N3)cc1. The highest BCUT2D eigenvalue weighted by atomic mass is 35.5. The normalized spacial score (nSPS) is 26.0. The molecule has 3 rings (SSSR count). The van der Waals surface area contributed by atoms with Crippen LogP contribution in [-0.2, 0) is 5.75 Å². The van der Waals surface area contributed by atoms with Crippen molar-refractivity contribution in [2.24, 2.45) is 0 Å². The number of hydrogen-bond donors (Lipinski definition) is 1. The number of benzene rings is 1. The van der Waals surface area contributed by atoms with Gasteiger partial charge in [-0.1, -0.05) is 30.3 Å². The second-order valence-electron chi connectivity index (χ2n) is 5.77. The molecule has 2 saturated heterocycles. The lowest BCUT2D eigenvalue weighted by Gasteiger charge is -2.23. The third kappa shape index (κ3) is 4.66. The predicted octanol–water partition coefficient (Wildman–Crippen LogP) is 3.17. The Morgan fingerprint density at radius 2 is 1.90 bits per heavy atom. The first kappa shape index (κ1) is 16.2. The Hall–Kier alpha value is -0.220. The summed E-state index contributed by atoms with van der Waals surface area (Å²) in [6.45, 7) is 3.81. The predicted molar refractivity (Wildman–Crippen MR) is 90.9 cm³/mol. The molecular formula is C16H25ClN2S. The summed E-state index contributed by atoms with van der Waals surface area (Å²) < 4.78 is 0. The van der Waals surface area contributed by atoms with Gasteiger partial charge in [0.25, 0.3) is 0 Å². The molecule has 0 aliphatic carbocycles. The van der Waals surface area contributed by atoms with E-state index in [9.17, 15) is 0 Å². The number of thioether (sulfide) groups is 1. The highest BCUT2D eigenvalue weighted by molar-refractivity contribution is 7.98. The Morgan fingerprint density at radius 3 is 2.75 bits per heavy atom. The van der Waals surface area contributed by atoms with E-state index in [0.717, 1.165) is 17.8 Å². The fourth-order valence-corrected chi connectivity index (χ4v) is 4.14. The molecule has 2 atom stereocenters. The molecule has 0 amide bonds. The maximum Gasteiger partial charge on any atom is 0.0198 e. The Kier molecular flexibility index (Phi) is 6.69. The summed E-state index contributed by atoms with van der Waals surface area (Å²) in [7, 11) is 0. The van der Waals surface area contributed by atoms with Crippen molar-refractivity contribution in [3.8, 4) is 0 Å². The molecule has 4 heteroatoms. The minimum absolute atomic E-state index is 0. The van der Waals surface area contributed by atoms with Crippen LogP contribution in [0.3, 0.4) is 0 Å². The van der Waals surface area contributed by atoms with Gasteiger partial charge in [-0.3, -0.25) is 0 Å². The molecule has 0 spiro atoms. The van der Waals surface area contributed by atoms with E-state index in [4.69, 9.17) is 0 Å². The molecule has 2 nitrogen and oxygen atoms in total. The van der Waals surface area contributed by atoms with Gasteiger partial charge in [0, 0.05) is 36.7 Å². The van der Waals surface area contributed by atoms with Crippen LogP contribution in [-0.4, -0.2) is 42.4 Å². The summed E-state index contributed by atoms with van der Waals surface area (Å²) >= 11 is 2.06. The highest BCUT2D eigenvalue weighted by Gasteiger charge is 2.28. The lowest BCUT2D eigenvalue weighted by molar-refractivity contribution is 0.274.